The molecule has 2 aromatic heterocycles. The molecule has 0 aromatic carbocycles. The summed E-state index contributed by atoms with van der Waals surface area (Å²) < 4.78 is 5.23. The molecule has 3 rings (SSSR count). The molecule has 1 fully saturated rings. The molecule has 0 radical (unpaired) electrons. The molecule has 8 nitrogen and oxygen atoms in total. The second-order valence-corrected chi connectivity index (χ2v) is 5.46. The van der Waals surface area contributed by atoms with E-state index in [2.05, 4.69) is 20.5 Å². The number of alkyl halides is 1. The Morgan fingerprint density at radius 3 is 2.83 bits per heavy atom. The maximum absolute atomic E-state index is 12.3. The highest BCUT2D eigenvalue weighted by molar-refractivity contribution is 6.16. The molecule has 0 spiro atoms. The number of rotatable bonds is 4. The lowest BCUT2D eigenvalue weighted by atomic mass is 10.2. The summed E-state index contributed by atoms with van der Waals surface area (Å²) >= 11 is 5.70. The van der Waals surface area contributed by atoms with E-state index in [0.29, 0.717) is 49.1 Å². The highest BCUT2D eigenvalue weighted by atomic mass is 35.5. The van der Waals surface area contributed by atoms with Crippen LogP contribution in [0.4, 0.5) is 11.5 Å². The number of amides is 1. The number of nitrogens with zero attached hydrogens (tertiary/aromatic N) is 3. The highest BCUT2D eigenvalue weighted by Gasteiger charge is 2.18. The number of anilines is 2. The van der Waals surface area contributed by atoms with E-state index in [-0.39, 0.29) is 17.3 Å². The molecule has 126 valence electrons. The molecule has 0 atom stereocenters. The van der Waals surface area contributed by atoms with E-state index >= 15 is 0 Å². The summed E-state index contributed by atoms with van der Waals surface area (Å²) in [6.45, 7) is 2.25. The number of pyridine rings is 1. The third kappa shape index (κ3) is 3.72. The minimum Gasteiger partial charge on any atom is -0.378 e. The van der Waals surface area contributed by atoms with Gasteiger partial charge in [-0.15, -0.1) is 11.6 Å². The number of ether oxygens (including phenoxy) is 1. The van der Waals surface area contributed by atoms with Gasteiger partial charge in [-0.3, -0.25) is 9.59 Å². The summed E-state index contributed by atoms with van der Waals surface area (Å²) in [4.78, 5) is 30.0. The molecule has 2 N–H and O–H groups in total. The van der Waals surface area contributed by atoms with E-state index < -0.39 is 0 Å². The lowest BCUT2D eigenvalue weighted by Crippen LogP contribution is -2.40. The number of aromatic nitrogens is 3. The first kappa shape index (κ1) is 16.4. The van der Waals surface area contributed by atoms with Crippen molar-refractivity contribution in [1.29, 1.82) is 0 Å². The summed E-state index contributed by atoms with van der Waals surface area (Å²) in [7, 11) is 0. The second-order valence-electron chi connectivity index (χ2n) is 5.20. The van der Waals surface area contributed by atoms with Gasteiger partial charge in [0.2, 0.25) is 0 Å². The normalized spacial score (nSPS) is 14.5. The number of morpholine rings is 1. The van der Waals surface area contributed by atoms with Crippen LogP contribution < -0.4 is 10.9 Å². The summed E-state index contributed by atoms with van der Waals surface area (Å²) in [5, 5.41) is 9.05. The van der Waals surface area contributed by atoms with Gasteiger partial charge in [-0.05, 0) is 18.2 Å². The van der Waals surface area contributed by atoms with Crippen LogP contribution in [-0.4, -0.2) is 52.3 Å². The molecule has 0 unspecified atom stereocenters. The molecule has 1 aliphatic rings. The fourth-order valence-electron chi connectivity index (χ4n) is 2.29. The van der Waals surface area contributed by atoms with Crippen LogP contribution in [0.25, 0.3) is 0 Å². The Bertz CT molecular complexity index is 771. The third-order valence-corrected chi connectivity index (χ3v) is 3.84. The van der Waals surface area contributed by atoms with Crippen LogP contribution in [-0.2, 0) is 10.6 Å². The smallest absolute Gasteiger partial charge is 0.287 e. The van der Waals surface area contributed by atoms with Crippen molar-refractivity contribution in [2.45, 2.75) is 5.88 Å². The molecule has 3 heterocycles. The minimum atomic E-state index is -0.376. The average molecular weight is 350 g/mol. The number of hydrogen-bond acceptors (Lipinski definition) is 6. The Labute approximate surface area is 142 Å². The second kappa shape index (κ2) is 7.41. The predicted octanol–water partition coefficient (Wildman–Crippen LogP) is 1.12. The van der Waals surface area contributed by atoms with Crippen LogP contribution in [0.3, 0.4) is 0 Å². The van der Waals surface area contributed by atoms with Gasteiger partial charge >= 0.3 is 0 Å². The van der Waals surface area contributed by atoms with E-state index in [0.717, 1.165) is 0 Å². The maximum Gasteiger partial charge on any atom is 0.287 e. The largest absolute Gasteiger partial charge is 0.378 e. The topological polar surface area (TPSA) is 100 Å². The first-order valence-electron chi connectivity index (χ1n) is 7.42. The Kier molecular flexibility index (Phi) is 5.07. The van der Waals surface area contributed by atoms with Crippen LogP contribution in [0.5, 0.6) is 0 Å². The minimum absolute atomic E-state index is 0.0801. The number of halogens is 1. The van der Waals surface area contributed by atoms with E-state index in [1.165, 1.54) is 6.20 Å². The van der Waals surface area contributed by atoms with E-state index in [1.807, 2.05) is 0 Å². The lowest BCUT2D eigenvalue weighted by Gasteiger charge is -2.26. The van der Waals surface area contributed by atoms with Gasteiger partial charge in [0, 0.05) is 19.3 Å². The van der Waals surface area contributed by atoms with Crippen molar-refractivity contribution in [1.82, 2.24) is 20.1 Å². The standard InChI is InChI=1S/C15H16ClN5O3/c16-8-11-7-12(14(22)20-19-11)18-13-2-1-10(9-17-13)15(23)21-3-5-24-6-4-21/h1-2,7,9H,3-6,8H2,(H,20,22)(H,17,18,19). The summed E-state index contributed by atoms with van der Waals surface area (Å²) in [6.07, 6.45) is 1.48. The number of nitrogens with one attached hydrogen (secondary N) is 2. The predicted molar refractivity (Wildman–Crippen MR) is 88.7 cm³/mol. The Morgan fingerprint density at radius 1 is 1.38 bits per heavy atom. The summed E-state index contributed by atoms with van der Waals surface area (Å²) in [5.41, 5.74) is 0.949. The molecule has 0 saturated carbocycles. The lowest BCUT2D eigenvalue weighted by molar-refractivity contribution is 0.0302. The monoisotopic (exact) mass is 349 g/mol. The Morgan fingerprint density at radius 2 is 2.17 bits per heavy atom. The van der Waals surface area contributed by atoms with E-state index in [9.17, 15) is 9.59 Å². The van der Waals surface area contributed by atoms with E-state index in [4.69, 9.17) is 16.3 Å². The molecule has 0 aliphatic carbocycles. The van der Waals surface area contributed by atoms with Gasteiger partial charge in [0.25, 0.3) is 11.5 Å². The molecule has 1 saturated heterocycles. The molecular weight excluding hydrogens is 334 g/mol. The van der Waals surface area contributed by atoms with Crippen molar-refractivity contribution in [3.63, 3.8) is 0 Å². The van der Waals surface area contributed by atoms with Gasteiger partial charge < -0.3 is 15.0 Å². The number of carbonyl (C=O) groups is 1. The highest BCUT2D eigenvalue weighted by Crippen LogP contribution is 2.13. The first-order valence-corrected chi connectivity index (χ1v) is 7.95. The Balaban J connectivity index is 1.72. The van der Waals surface area contributed by atoms with Gasteiger partial charge in [-0.2, -0.15) is 5.10 Å². The molecule has 2 aromatic rings. The van der Waals surface area contributed by atoms with Crippen molar-refractivity contribution < 1.29 is 9.53 Å². The summed E-state index contributed by atoms with van der Waals surface area (Å²) in [5.74, 6) is 0.556. The van der Waals surface area contributed by atoms with Crippen molar-refractivity contribution in [2.75, 3.05) is 31.6 Å². The average Bonchev–Trinajstić information content (AvgIpc) is 2.64. The Hall–Kier alpha value is -2.45. The van der Waals surface area contributed by atoms with Crippen molar-refractivity contribution in [2.24, 2.45) is 0 Å². The zero-order valence-corrected chi connectivity index (χ0v) is 13.5. The van der Waals surface area contributed by atoms with Crippen LogP contribution in [0.2, 0.25) is 0 Å². The SMILES string of the molecule is O=C(c1ccc(Nc2cc(CCl)n[nH]c2=O)nc1)N1CCOCC1. The fourth-order valence-corrected chi connectivity index (χ4v) is 2.43. The van der Waals surface area contributed by atoms with Crippen LogP contribution in [0, 0.1) is 0 Å². The van der Waals surface area contributed by atoms with Crippen LogP contribution in [0.1, 0.15) is 16.1 Å². The van der Waals surface area contributed by atoms with Gasteiger partial charge in [-0.1, -0.05) is 0 Å². The number of aromatic amines is 1. The van der Waals surface area contributed by atoms with Gasteiger partial charge in [-0.25, -0.2) is 10.1 Å². The van der Waals surface area contributed by atoms with Gasteiger partial charge in [0.1, 0.15) is 11.5 Å². The van der Waals surface area contributed by atoms with Crippen molar-refractivity contribution >= 4 is 29.0 Å². The molecule has 24 heavy (non-hydrogen) atoms. The number of H-pyrrole nitrogens is 1. The number of hydrogen-bond donors (Lipinski definition) is 2. The zero-order chi connectivity index (χ0) is 16.9. The molecule has 1 amide bonds. The molecule has 1 aliphatic heterocycles. The van der Waals surface area contributed by atoms with E-state index in [1.54, 1.807) is 23.1 Å². The molecule has 0 bridgehead atoms. The molecule has 9 heteroatoms. The quantitative estimate of drug-likeness (QED) is 0.802. The summed E-state index contributed by atoms with van der Waals surface area (Å²) in [6, 6.07) is 4.87. The van der Waals surface area contributed by atoms with Gasteiger partial charge in [0.05, 0.1) is 30.4 Å². The first-order chi connectivity index (χ1) is 11.7. The van der Waals surface area contributed by atoms with Crippen LogP contribution in [0.15, 0.2) is 29.2 Å². The zero-order valence-electron chi connectivity index (χ0n) is 12.8. The molecular formula is C15H16ClN5O3. The van der Waals surface area contributed by atoms with Crippen molar-refractivity contribution in [3.8, 4) is 0 Å². The van der Waals surface area contributed by atoms with Gasteiger partial charge in [0.15, 0.2) is 0 Å². The van der Waals surface area contributed by atoms with Crippen LogP contribution >= 0.6 is 11.6 Å². The van der Waals surface area contributed by atoms with Crippen molar-refractivity contribution in [3.05, 3.63) is 46.0 Å². The fraction of sp³-hybridized carbons (Fsp3) is 0.333. The maximum atomic E-state index is 12.3. The number of carbonyl (C=O) groups excluding carboxylic acids is 1. The third-order valence-electron chi connectivity index (χ3n) is 3.57.